The fourth-order valence-corrected chi connectivity index (χ4v) is 5.59. The first-order valence-electron chi connectivity index (χ1n) is 14.7. The zero-order chi connectivity index (χ0) is 33.9. The topological polar surface area (TPSA) is 146 Å². The zero-order valence-corrected chi connectivity index (χ0v) is 28.2. The van der Waals surface area contributed by atoms with E-state index in [1.54, 1.807) is 55.3 Å². The van der Waals surface area contributed by atoms with Crippen LogP contribution in [0.4, 0.5) is 17.3 Å². The van der Waals surface area contributed by atoms with Crippen molar-refractivity contribution in [1.29, 1.82) is 0 Å². The van der Waals surface area contributed by atoms with Gasteiger partial charge in [0.05, 0.1) is 37.4 Å². The maximum absolute atomic E-state index is 13.8. The summed E-state index contributed by atoms with van der Waals surface area (Å²) < 4.78 is 45.5. The molecule has 3 aromatic carbocycles. The van der Waals surface area contributed by atoms with Gasteiger partial charge in [0.25, 0.3) is 5.91 Å². The Morgan fingerprint density at radius 2 is 1.68 bits per heavy atom. The third-order valence-electron chi connectivity index (χ3n) is 7.41. The number of nitrogens with one attached hydrogen (secondary N) is 3. The summed E-state index contributed by atoms with van der Waals surface area (Å²) in [5.41, 5.74) is 3.07. The van der Waals surface area contributed by atoms with Crippen LogP contribution in [0, 0.1) is 0 Å². The fraction of sp³-hybridized carbons (Fsp3) is 0.265. The van der Waals surface area contributed by atoms with Crippen molar-refractivity contribution < 1.29 is 27.4 Å². The fourth-order valence-electron chi connectivity index (χ4n) is 5.04. The van der Waals surface area contributed by atoms with Crippen LogP contribution < -0.4 is 29.6 Å². The molecule has 0 spiro atoms. The summed E-state index contributed by atoms with van der Waals surface area (Å²) in [7, 11) is 1.19. The van der Waals surface area contributed by atoms with Gasteiger partial charge < -0.3 is 29.4 Å². The summed E-state index contributed by atoms with van der Waals surface area (Å²) in [5.74, 6) is 1.77. The lowest BCUT2D eigenvalue weighted by molar-refractivity contribution is 0.101. The number of sulfonamides is 1. The number of anilines is 3. The van der Waals surface area contributed by atoms with Crippen LogP contribution in [0.25, 0.3) is 10.9 Å². The zero-order valence-electron chi connectivity index (χ0n) is 27.3. The van der Waals surface area contributed by atoms with E-state index in [-0.39, 0.29) is 16.9 Å². The van der Waals surface area contributed by atoms with Crippen molar-refractivity contribution in [3.05, 3.63) is 89.7 Å². The van der Waals surface area contributed by atoms with Crippen molar-refractivity contribution in [3.63, 3.8) is 0 Å². The summed E-state index contributed by atoms with van der Waals surface area (Å²) in [5, 5.41) is 6.91. The molecule has 0 saturated carbocycles. The standard InChI is InChI=1S/C34H38N6O6S/c1-34(2,3)23-18-25(31(45-6)26(19-23)39-47(7,42)43)37-32(41)27-17-22-9-8-10-28(30(22)40(27)4)46-29-15-16-35-33(38-29)36-20-21-11-13-24(44-5)14-12-21/h8-19,39H,20H2,1-7H3,(H,37,41)(H,35,36,38). The predicted molar refractivity (Wildman–Crippen MR) is 183 cm³/mol. The molecule has 0 aliphatic rings. The number of rotatable bonds is 11. The van der Waals surface area contributed by atoms with Gasteiger partial charge in [0.2, 0.25) is 21.9 Å². The van der Waals surface area contributed by atoms with Crippen LogP contribution in [0.15, 0.2) is 72.9 Å². The van der Waals surface area contributed by atoms with Crippen LogP contribution in [0.5, 0.6) is 23.1 Å². The van der Waals surface area contributed by atoms with Gasteiger partial charge in [-0.15, -0.1) is 0 Å². The van der Waals surface area contributed by atoms with Gasteiger partial charge in [0.1, 0.15) is 11.4 Å². The predicted octanol–water partition coefficient (Wildman–Crippen LogP) is 6.31. The molecule has 47 heavy (non-hydrogen) atoms. The number of methoxy groups -OCH3 is 2. The van der Waals surface area contributed by atoms with Crippen LogP contribution in [-0.2, 0) is 29.0 Å². The Hall–Kier alpha value is -5.30. The number of hydrogen-bond acceptors (Lipinski definition) is 9. The number of carbonyl (C=O) groups excluding carboxylic acids is 1. The smallest absolute Gasteiger partial charge is 0.272 e. The van der Waals surface area contributed by atoms with Crippen molar-refractivity contribution in [2.45, 2.75) is 32.7 Å². The monoisotopic (exact) mass is 658 g/mol. The maximum atomic E-state index is 13.8. The van der Waals surface area contributed by atoms with Gasteiger partial charge in [0.15, 0.2) is 11.5 Å². The van der Waals surface area contributed by atoms with E-state index in [0.717, 1.165) is 28.5 Å². The average Bonchev–Trinajstić information content (AvgIpc) is 3.36. The van der Waals surface area contributed by atoms with E-state index in [1.807, 2.05) is 57.2 Å². The van der Waals surface area contributed by atoms with Crippen molar-refractivity contribution in [1.82, 2.24) is 14.5 Å². The summed E-state index contributed by atoms with van der Waals surface area (Å²) >= 11 is 0. The lowest BCUT2D eigenvalue weighted by atomic mass is 9.86. The van der Waals surface area contributed by atoms with E-state index < -0.39 is 15.9 Å². The van der Waals surface area contributed by atoms with E-state index in [1.165, 1.54) is 7.11 Å². The molecular weight excluding hydrogens is 620 g/mol. The molecule has 3 N–H and O–H groups in total. The molecule has 0 radical (unpaired) electrons. The summed E-state index contributed by atoms with van der Waals surface area (Å²) in [6.45, 7) is 6.49. The summed E-state index contributed by atoms with van der Waals surface area (Å²) in [4.78, 5) is 22.6. The number of para-hydroxylation sites is 1. The maximum Gasteiger partial charge on any atom is 0.272 e. The minimum atomic E-state index is -3.62. The van der Waals surface area contributed by atoms with Crippen LogP contribution in [0.3, 0.4) is 0 Å². The molecule has 0 atom stereocenters. The van der Waals surface area contributed by atoms with Gasteiger partial charge in [-0.25, -0.2) is 13.4 Å². The number of amides is 1. The molecule has 5 rings (SSSR count). The van der Waals surface area contributed by atoms with Gasteiger partial charge >= 0.3 is 0 Å². The highest BCUT2D eigenvalue weighted by molar-refractivity contribution is 7.92. The Morgan fingerprint density at radius 1 is 0.957 bits per heavy atom. The number of hydrogen-bond donors (Lipinski definition) is 3. The number of benzene rings is 3. The third-order valence-corrected chi connectivity index (χ3v) is 8.00. The van der Waals surface area contributed by atoms with Crippen LogP contribution >= 0.6 is 0 Å². The van der Waals surface area contributed by atoms with Crippen LogP contribution in [0.2, 0.25) is 0 Å². The highest BCUT2D eigenvalue weighted by Crippen LogP contribution is 2.40. The Kier molecular flexibility index (Phi) is 9.29. The number of nitrogens with zero attached hydrogens (tertiary/aromatic N) is 3. The van der Waals surface area contributed by atoms with Gasteiger partial charge in [0, 0.05) is 31.2 Å². The molecular formula is C34H38N6O6S. The van der Waals surface area contributed by atoms with E-state index in [4.69, 9.17) is 14.2 Å². The highest BCUT2D eigenvalue weighted by Gasteiger charge is 2.24. The Balaban J connectivity index is 1.41. The first kappa shape index (κ1) is 33.1. The Morgan fingerprint density at radius 3 is 2.34 bits per heavy atom. The Labute approximate surface area is 274 Å². The van der Waals surface area contributed by atoms with Gasteiger partial charge in [-0.05, 0) is 52.9 Å². The summed E-state index contributed by atoms with van der Waals surface area (Å²) in [6, 6.07) is 20.1. The van der Waals surface area contributed by atoms with E-state index in [0.29, 0.717) is 41.0 Å². The SMILES string of the molecule is COc1ccc(CNc2nccc(Oc3cccc4cc(C(=O)Nc5cc(C(C)(C)C)cc(NS(C)(=O)=O)c5OC)n(C)c34)n2)cc1. The number of carbonyl (C=O) groups is 1. The lowest BCUT2D eigenvalue weighted by Crippen LogP contribution is -2.19. The molecule has 0 fully saturated rings. The first-order chi connectivity index (χ1) is 22.3. The average molecular weight is 659 g/mol. The van der Waals surface area contributed by atoms with E-state index >= 15 is 0 Å². The number of ether oxygens (including phenoxy) is 3. The largest absolute Gasteiger partial charge is 0.497 e. The molecule has 12 nitrogen and oxygen atoms in total. The van der Waals surface area contributed by atoms with Crippen molar-refractivity contribution in [2.75, 3.05) is 35.8 Å². The third kappa shape index (κ3) is 7.75. The van der Waals surface area contributed by atoms with Crippen molar-refractivity contribution in [3.8, 4) is 23.1 Å². The quantitative estimate of drug-likeness (QED) is 0.149. The second-order valence-electron chi connectivity index (χ2n) is 12.0. The molecule has 0 saturated heterocycles. The molecule has 2 heterocycles. The molecule has 1 amide bonds. The molecule has 2 aromatic heterocycles. The van der Waals surface area contributed by atoms with Gasteiger partial charge in [-0.2, -0.15) is 4.98 Å². The summed E-state index contributed by atoms with van der Waals surface area (Å²) in [6.07, 6.45) is 2.67. The van der Waals surface area contributed by atoms with Crippen molar-refractivity contribution >= 4 is 44.2 Å². The molecule has 13 heteroatoms. The lowest BCUT2D eigenvalue weighted by Gasteiger charge is -2.24. The molecule has 0 unspecified atom stereocenters. The van der Waals surface area contributed by atoms with Crippen LogP contribution in [-0.4, -0.2) is 49.3 Å². The van der Waals surface area contributed by atoms with Gasteiger partial charge in [-0.1, -0.05) is 45.0 Å². The van der Waals surface area contributed by atoms with E-state index in [2.05, 4.69) is 25.3 Å². The van der Waals surface area contributed by atoms with Crippen LogP contribution in [0.1, 0.15) is 42.4 Å². The molecule has 0 aliphatic heterocycles. The number of aromatic nitrogens is 3. The second kappa shape index (κ2) is 13.2. The second-order valence-corrected chi connectivity index (χ2v) is 13.7. The van der Waals surface area contributed by atoms with Gasteiger partial charge in [-0.3, -0.25) is 9.52 Å². The first-order valence-corrected chi connectivity index (χ1v) is 16.6. The molecule has 0 aliphatic carbocycles. The van der Waals surface area contributed by atoms with Crippen molar-refractivity contribution in [2.24, 2.45) is 7.05 Å². The minimum Gasteiger partial charge on any atom is -0.497 e. The molecule has 0 bridgehead atoms. The number of fused-ring (bicyclic) bond motifs is 1. The molecule has 246 valence electrons. The Bertz CT molecular complexity index is 2040. The molecule has 5 aromatic rings. The number of aryl methyl sites for hydroxylation is 1. The normalized spacial score (nSPS) is 11.6. The van der Waals surface area contributed by atoms with E-state index in [9.17, 15) is 13.2 Å². The highest BCUT2D eigenvalue weighted by atomic mass is 32.2. The minimum absolute atomic E-state index is 0.194.